The van der Waals surface area contributed by atoms with E-state index < -0.39 is 29.4 Å². The number of nitrogens with one attached hydrogen (secondary N) is 3. The van der Waals surface area contributed by atoms with Gasteiger partial charge in [0.05, 0.1) is 6.61 Å². The predicted octanol–water partition coefficient (Wildman–Crippen LogP) is 2.65. The molecule has 0 radical (unpaired) electrons. The normalized spacial score (nSPS) is 11.7. The summed E-state index contributed by atoms with van der Waals surface area (Å²) in [5.74, 6) is -1.43. The molecule has 1 atom stereocenters. The van der Waals surface area contributed by atoms with E-state index in [0.717, 1.165) is 6.42 Å². The quantitative estimate of drug-likeness (QED) is 0.257. The van der Waals surface area contributed by atoms with E-state index >= 15 is 0 Å². The fourth-order valence-electron chi connectivity index (χ4n) is 3.42. The Morgan fingerprint density at radius 3 is 2.45 bits per heavy atom. The van der Waals surface area contributed by atoms with Gasteiger partial charge in [0, 0.05) is 24.4 Å². The van der Waals surface area contributed by atoms with Crippen LogP contribution in [0.5, 0.6) is 0 Å². The zero-order chi connectivity index (χ0) is 27.9. The van der Waals surface area contributed by atoms with E-state index in [2.05, 4.69) is 29.8 Å². The Balaban J connectivity index is 2.12. The standard InChI is InChI=1S/C28H36N4O6/c1-4-38-25(34)15-9-8-13-22(30-26(35)21-11-6-5-7-12-21)27(36)31-23-14-10-18-32(28(23)37)19-24(33)29-17-16-20(2)3/h5-7,9-12,14-15,18,20,22H,4,8,13,16-17,19H2,1-3H3,(H,29,33)(H,30,35)(H,31,36)/b15-9+. The number of aromatic nitrogens is 1. The minimum atomic E-state index is -0.998. The highest BCUT2D eigenvalue weighted by atomic mass is 16.5. The highest BCUT2D eigenvalue weighted by Gasteiger charge is 2.22. The molecule has 0 aliphatic carbocycles. The first-order valence-corrected chi connectivity index (χ1v) is 12.7. The van der Waals surface area contributed by atoms with Crippen LogP contribution in [0.4, 0.5) is 5.69 Å². The molecule has 0 fully saturated rings. The monoisotopic (exact) mass is 524 g/mol. The molecule has 1 unspecified atom stereocenters. The van der Waals surface area contributed by atoms with E-state index in [9.17, 15) is 24.0 Å². The average Bonchev–Trinajstić information content (AvgIpc) is 2.88. The van der Waals surface area contributed by atoms with Crippen LogP contribution in [0.1, 0.15) is 50.4 Å². The van der Waals surface area contributed by atoms with Crippen LogP contribution < -0.4 is 21.5 Å². The first kappa shape index (κ1) is 30.0. The number of hydrogen-bond acceptors (Lipinski definition) is 6. The lowest BCUT2D eigenvalue weighted by Crippen LogP contribution is -2.44. The number of hydrogen-bond donors (Lipinski definition) is 3. The lowest BCUT2D eigenvalue weighted by atomic mass is 10.1. The molecule has 1 aromatic carbocycles. The van der Waals surface area contributed by atoms with Crippen molar-refractivity contribution in [3.63, 3.8) is 0 Å². The van der Waals surface area contributed by atoms with Gasteiger partial charge in [0.15, 0.2) is 0 Å². The van der Waals surface area contributed by atoms with Gasteiger partial charge in [-0.15, -0.1) is 0 Å². The SMILES string of the molecule is CCOC(=O)/C=C/CCC(NC(=O)c1ccccc1)C(=O)Nc1cccn(CC(=O)NCCC(C)C)c1=O. The summed E-state index contributed by atoms with van der Waals surface area (Å²) in [5.41, 5.74) is -0.193. The predicted molar refractivity (Wildman–Crippen MR) is 144 cm³/mol. The Morgan fingerprint density at radius 2 is 1.76 bits per heavy atom. The Kier molecular flexibility index (Phi) is 12.5. The van der Waals surface area contributed by atoms with Crippen LogP contribution in [-0.4, -0.2) is 47.5 Å². The zero-order valence-corrected chi connectivity index (χ0v) is 22.1. The van der Waals surface area contributed by atoms with Crippen molar-refractivity contribution in [1.82, 2.24) is 15.2 Å². The Labute approximate surface area is 222 Å². The van der Waals surface area contributed by atoms with Crippen molar-refractivity contribution in [3.8, 4) is 0 Å². The minimum absolute atomic E-state index is 0.0199. The summed E-state index contributed by atoms with van der Waals surface area (Å²) in [6.07, 6.45) is 5.57. The summed E-state index contributed by atoms with van der Waals surface area (Å²) in [5, 5.41) is 8.04. The maximum absolute atomic E-state index is 13.1. The van der Waals surface area contributed by atoms with Crippen molar-refractivity contribution in [2.75, 3.05) is 18.5 Å². The lowest BCUT2D eigenvalue weighted by Gasteiger charge is -2.18. The Morgan fingerprint density at radius 1 is 1.03 bits per heavy atom. The second-order valence-electron chi connectivity index (χ2n) is 9.00. The van der Waals surface area contributed by atoms with Crippen LogP contribution in [0.25, 0.3) is 0 Å². The van der Waals surface area contributed by atoms with Crippen LogP contribution in [-0.2, 0) is 25.7 Å². The van der Waals surface area contributed by atoms with Crippen LogP contribution in [0.3, 0.4) is 0 Å². The largest absolute Gasteiger partial charge is 0.463 e. The van der Waals surface area contributed by atoms with Crippen molar-refractivity contribution in [1.29, 1.82) is 0 Å². The summed E-state index contributed by atoms with van der Waals surface area (Å²) >= 11 is 0. The van der Waals surface area contributed by atoms with E-state index in [0.29, 0.717) is 24.4 Å². The molecule has 0 spiro atoms. The first-order valence-electron chi connectivity index (χ1n) is 12.7. The molecular formula is C28H36N4O6. The maximum Gasteiger partial charge on any atom is 0.330 e. The van der Waals surface area contributed by atoms with Crippen LogP contribution in [0, 0.1) is 5.92 Å². The van der Waals surface area contributed by atoms with E-state index in [-0.39, 0.29) is 31.2 Å². The second kappa shape index (κ2) is 15.8. The fraction of sp³-hybridized carbons (Fsp3) is 0.393. The molecule has 2 aromatic rings. The van der Waals surface area contributed by atoms with Crippen molar-refractivity contribution in [2.45, 2.75) is 52.6 Å². The number of carbonyl (C=O) groups excluding carboxylic acids is 4. The van der Waals surface area contributed by atoms with Gasteiger partial charge in [-0.1, -0.05) is 38.1 Å². The minimum Gasteiger partial charge on any atom is -0.463 e. The van der Waals surface area contributed by atoms with Gasteiger partial charge >= 0.3 is 5.97 Å². The molecule has 3 N–H and O–H groups in total. The number of carbonyl (C=O) groups is 4. The summed E-state index contributed by atoms with van der Waals surface area (Å²) in [6, 6.07) is 10.4. The smallest absolute Gasteiger partial charge is 0.330 e. The number of nitrogens with zero attached hydrogens (tertiary/aromatic N) is 1. The molecule has 0 aliphatic heterocycles. The number of rotatable bonds is 14. The zero-order valence-electron chi connectivity index (χ0n) is 22.1. The highest BCUT2D eigenvalue weighted by Crippen LogP contribution is 2.07. The molecule has 0 saturated carbocycles. The van der Waals surface area contributed by atoms with Crippen LogP contribution in [0.2, 0.25) is 0 Å². The number of esters is 1. The molecule has 0 bridgehead atoms. The van der Waals surface area contributed by atoms with Gasteiger partial charge in [-0.3, -0.25) is 19.2 Å². The molecule has 38 heavy (non-hydrogen) atoms. The average molecular weight is 525 g/mol. The number of pyridine rings is 1. The molecule has 0 aliphatic rings. The molecule has 204 valence electrons. The third-order valence-corrected chi connectivity index (χ3v) is 5.46. The molecule has 0 saturated heterocycles. The molecule has 10 heteroatoms. The van der Waals surface area contributed by atoms with Crippen molar-refractivity contribution >= 4 is 29.4 Å². The van der Waals surface area contributed by atoms with Crippen molar-refractivity contribution in [2.24, 2.45) is 5.92 Å². The highest BCUT2D eigenvalue weighted by molar-refractivity contribution is 6.01. The summed E-state index contributed by atoms with van der Waals surface area (Å²) in [7, 11) is 0. The van der Waals surface area contributed by atoms with Gasteiger partial charge in [0.1, 0.15) is 18.3 Å². The van der Waals surface area contributed by atoms with Crippen LogP contribution in [0.15, 0.2) is 65.6 Å². The van der Waals surface area contributed by atoms with E-state index in [1.165, 1.54) is 22.9 Å². The third kappa shape index (κ3) is 10.4. The topological polar surface area (TPSA) is 136 Å². The molecular weight excluding hydrogens is 488 g/mol. The first-order chi connectivity index (χ1) is 18.2. The van der Waals surface area contributed by atoms with Gasteiger partial charge in [0.2, 0.25) is 11.8 Å². The van der Waals surface area contributed by atoms with Crippen molar-refractivity contribution < 1.29 is 23.9 Å². The number of benzene rings is 1. The van der Waals surface area contributed by atoms with Crippen molar-refractivity contribution in [3.05, 3.63) is 76.7 Å². The van der Waals surface area contributed by atoms with Gasteiger partial charge < -0.3 is 25.3 Å². The number of allylic oxidation sites excluding steroid dienone is 1. The number of ether oxygens (including phenoxy) is 1. The fourth-order valence-corrected chi connectivity index (χ4v) is 3.42. The molecule has 1 heterocycles. The van der Waals surface area contributed by atoms with Gasteiger partial charge in [-0.2, -0.15) is 0 Å². The molecule has 10 nitrogen and oxygen atoms in total. The van der Waals surface area contributed by atoms with Gasteiger partial charge in [-0.25, -0.2) is 4.79 Å². The molecule has 2 rings (SSSR count). The molecule has 1 aromatic heterocycles. The van der Waals surface area contributed by atoms with E-state index in [1.807, 2.05) is 0 Å². The maximum atomic E-state index is 13.1. The lowest BCUT2D eigenvalue weighted by molar-refractivity contribution is -0.137. The summed E-state index contributed by atoms with van der Waals surface area (Å²) in [4.78, 5) is 62.5. The van der Waals surface area contributed by atoms with Crippen LogP contribution >= 0.6 is 0 Å². The number of amides is 3. The summed E-state index contributed by atoms with van der Waals surface area (Å²) in [6.45, 7) is 6.37. The number of anilines is 1. The second-order valence-corrected chi connectivity index (χ2v) is 9.00. The van der Waals surface area contributed by atoms with E-state index in [1.54, 1.807) is 49.4 Å². The summed E-state index contributed by atoms with van der Waals surface area (Å²) < 4.78 is 6.05. The van der Waals surface area contributed by atoms with E-state index in [4.69, 9.17) is 4.74 Å². The Bertz CT molecular complexity index is 1170. The Hall–Kier alpha value is -4.21. The van der Waals surface area contributed by atoms with Gasteiger partial charge in [0.25, 0.3) is 11.5 Å². The van der Waals surface area contributed by atoms with Gasteiger partial charge in [-0.05, 0) is 56.4 Å². The third-order valence-electron chi connectivity index (χ3n) is 5.46. The molecule has 3 amide bonds.